The van der Waals surface area contributed by atoms with Gasteiger partial charge in [-0.05, 0) is 11.5 Å². The normalized spacial score (nSPS) is 13.8. The molecular formula is C16H19F3N2O4. The molecule has 0 saturated heterocycles. The van der Waals surface area contributed by atoms with E-state index in [-0.39, 0.29) is 6.42 Å². The molecule has 9 heteroatoms. The number of carboxylic acids is 1. The molecule has 0 radical (unpaired) electrons. The molecule has 138 valence electrons. The van der Waals surface area contributed by atoms with Crippen molar-refractivity contribution in [1.82, 2.24) is 10.6 Å². The Morgan fingerprint density at radius 3 is 2.08 bits per heavy atom. The van der Waals surface area contributed by atoms with Gasteiger partial charge in [-0.1, -0.05) is 44.2 Å². The molecule has 0 heterocycles. The lowest BCUT2D eigenvalue weighted by Crippen LogP contribution is -2.56. The number of carbonyl (C=O) groups is 3. The summed E-state index contributed by atoms with van der Waals surface area (Å²) < 4.78 is 37.1. The first-order valence-electron chi connectivity index (χ1n) is 7.47. The summed E-state index contributed by atoms with van der Waals surface area (Å²) in [4.78, 5) is 34.6. The number of halogens is 3. The Kier molecular flexibility index (Phi) is 6.96. The van der Waals surface area contributed by atoms with E-state index in [0.29, 0.717) is 5.56 Å². The van der Waals surface area contributed by atoms with Gasteiger partial charge in [0, 0.05) is 6.42 Å². The molecule has 1 aromatic carbocycles. The van der Waals surface area contributed by atoms with Crippen LogP contribution >= 0.6 is 0 Å². The molecule has 3 N–H and O–H groups in total. The first-order valence-corrected chi connectivity index (χ1v) is 7.47. The van der Waals surface area contributed by atoms with Crippen molar-refractivity contribution in [2.75, 3.05) is 0 Å². The van der Waals surface area contributed by atoms with Crippen LogP contribution in [0.3, 0.4) is 0 Å². The summed E-state index contributed by atoms with van der Waals surface area (Å²) >= 11 is 0. The molecule has 0 aliphatic heterocycles. The summed E-state index contributed by atoms with van der Waals surface area (Å²) in [6.45, 7) is 2.88. The van der Waals surface area contributed by atoms with Crippen LogP contribution in [0.4, 0.5) is 13.2 Å². The maximum absolute atomic E-state index is 12.4. The van der Waals surface area contributed by atoms with Crippen LogP contribution in [-0.2, 0) is 20.8 Å². The van der Waals surface area contributed by atoms with Crippen molar-refractivity contribution >= 4 is 17.8 Å². The van der Waals surface area contributed by atoms with Gasteiger partial charge in [0.1, 0.15) is 12.1 Å². The maximum Gasteiger partial charge on any atom is 0.471 e. The minimum absolute atomic E-state index is 0.0417. The Bertz CT molecular complexity index is 618. The Morgan fingerprint density at radius 2 is 1.64 bits per heavy atom. The van der Waals surface area contributed by atoms with Crippen LogP contribution in [0.15, 0.2) is 30.3 Å². The van der Waals surface area contributed by atoms with Crippen molar-refractivity contribution in [3.63, 3.8) is 0 Å². The van der Waals surface area contributed by atoms with Gasteiger partial charge in [0.2, 0.25) is 5.91 Å². The number of hydrogen-bond donors (Lipinski definition) is 3. The predicted molar refractivity (Wildman–Crippen MR) is 82.5 cm³/mol. The van der Waals surface area contributed by atoms with Gasteiger partial charge in [0.15, 0.2) is 0 Å². The van der Waals surface area contributed by atoms with Gasteiger partial charge in [-0.15, -0.1) is 0 Å². The van der Waals surface area contributed by atoms with E-state index in [1.807, 2.05) is 0 Å². The van der Waals surface area contributed by atoms with Crippen molar-refractivity contribution in [3.8, 4) is 0 Å². The number of carboxylic acid groups (broad SMARTS) is 1. The number of rotatable bonds is 7. The van der Waals surface area contributed by atoms with E-state index in [1.54, 1.807) is 35.6 Å². The van der Waals surface area contributed by atoms with Gasteiger partial charge >= 0.3 is 18.1 Å². The van der Waals surface area contributed by atoms with Crippen LogP contribution in [0.1, 0.15) is 19.4 Å². The van der Waals surface area contributed by atoms with Gasteiger partial charge in [-0.25, -0.2) is 4.79 Å². The zero-order valence-electron chi connectivity index (χ0n) is 13.6. The van der Waals surface area contributed by atoms with Crippen molar-refractivity contribution in [3.05, 3.63) is 35.9 Å². The number of alkyl halides is 3. The zero-order valence-corrected chi connectivity index (χ0v) is 13.6. The van der Waals surface area contributed by atoms with Crippen LogP contribution < -0.4 is 10.6 Å². The summed E-state index contributed by atoms with van der Waals surface area (Å²) in [7, 11) is 0. The summed E-state index contributed by atoms with van der Waals surface area (Å²) in [5.74, 6) is -5.24. The molecule has 2 amide bonds. The van der Waals surface area contributed by atoms with Crippen LogP contribution in [0, 0.1) is 5.92 Å². The lowest BCUT2D eigenvalue weighted by molar-refractivity contribution is -0.175. The van der Waals surface area contributed by atoms with Gasteiger partial charge in [-0.2, -0.15) is 13.2 Å². The molecule has 2 unspecified atom stereocenters. The topological polar surface area (TPSA) is 95.5 Å². The van der Waals surface area contributed by atoms with Crippen LogP contribution in [0.5, 0.6) is 0 Å². The van der Waals surface area contributed by atoms with E-state index in [2.05, 4.69) is 5.32 Å². The van der Waals surface area contributed by atoms with E-state index < -0.39 is 42.0 Å². The third kappa shape index (κ3) is 6.44. The molecule has 0 fully saturated rings. The summed E-state index contributed by atoms with van der Waals surface area (Å²) in [6, 6.07) is 5.60. The molecular weight excluding hydrogens is 341 g/mol. The quantitative estimate of drug-likeness (QED) is 0.687. The molecule has 25 heavy (non-hydrogen) atoms. The third-order valence-corrected chi connectivity index (χ3v) is 3.39. The second-order valence-corrected chi connectivity index (χ2v) is 5.78. The molecule has 2 atom stereocenters. The lowest BCUT2D eigenvalue weighted by atomic mass is 10.0. The van der Waals surface area contributed by atoms with Crippen LogP contribution in [0.2, 0.25) is 0 Å². The fourth-order valence-corrected chi connectivity index (χ4v) is 2.07. The Labute approximate surface area is 142 Å². The average molecular weight is 360 g/mol. The number of benzene rings is 1. The zero-order chi connectivity index (χ0) is 19.2. The van der Waals surface area contributed by atoms with E-state index in [1.165, 1.54) is 13.8 Å². The Balaban J connectivity index is 2.85. The van der Waals surface area contributed by atoms with Crippen molar-refractivity contribution in [2.45, 2.75) is 38.5 Å². The first kappa shape index (κ1) is 20.5. The maximum atomic E-state index is 12.4. The molecule has 0 aliphatic carbocycles. The molecule has 0 bridgehead atoms. The molecule has 0 aromatic heterocycles. The molecule has 0 aliphatic rings. The van der Waals surface area contributed by atoms with Crippen LogP contribution in [0.25, 0.3) is 0 Å². The second-order valence-electron chi connectivity index (χ2n) is 5.78. The highest BCUT2D eigenvalue weighted by Crippen LogP contribution is 2.16. The highest BCUT2D eigenvalue weighted by molar-refractivity contribution is 5.92. The fraction of sp³-hybridized carbons (Fsp3) is 0.438. The van der Waals surface area contributed by atoms with Crippen molar-refractivity contribution < 1.29 is 32.7 Å². The van der Waals surface area contributed by atoms with E-state index in [9.17, 15) is 32.7 Å². The fourth-order valence-electron chi connectivity index (χ4n) is 2.07. The van der Waals surface area contributed by atoms with E-state index in [4.69, 9.17) is 0 Å². The van der Waals surface area contributed by atoms with Crippen molar-refractivity contribution in [2.24, 2.45) is 5.92 Å². The molecule has 0 saturated carbocycles. The first-order chi connectivity index (χ1) is 11.5. The highest BCUT2D eigenvalue weighted by atomic mass is 19.4. The van der Waals surface area contributed by atoms with Crippen LogP contribution in [-0.4, -0.2) is 41.2 Å². The molecule has 6 nitrogen and oxygen atoms in total. The summed E-state index contributed by atoms with van der Waals surface area (Å²) in [6.07, 6.45) is -5.18. The summed E-state index contributed by atoms with van der Waals surface area (Å²) in [5, 5.41) is 13.0. The number of nitrogens with one attached hydrogen (secondary N) is 2. The average Bonchev–Trinajstić information content (AvgIpc) is 2.51. The number of amides is 2. The second kappa shape index (κ2) is 8.50. The van der Waals surface area contributed by atoms with Gasteiger partial charge in [0.05, 0.1) is 0 Å². The van der Waals surface area contributed by atoms with E-state index >= 15 is 0 Å². The number of hydrogen-bond acceptors (Lipinski definition) is 3. The SMILES string of the molecule is CC(C)C(NC(=O)C(F)(F)F)C(=O)NC(Cc1ccccc1)C(=O)O. The molecule has 1 aromatic rings. The third-order valence-electron chi connectivity index (χ3n) is 3.39. The lowest BCUT2D eigenvalue weighted by Gasteiger charge is -2.24. The standard InChI is InChI=1S/C16H19F3N2O4/c1-9(2)12(21-15(25)16(17,18)19)13(22)20-11(14(23)24)8-10-6-4-3-5-7-10/h3-7,9,11-12H,8H2,1-2H3,(H,20,22)(H,21,25)(H,23,24). The van der Waals surface area contributed by atoms with Crippen molar-refractivity contribution in [1.29, 1.82) is 0 Å². The van der Waals surface area contributed by atoms with Gasteiger partial charge < -0.3 is 15.7 Å². The predicted octanol–water partition coefficient (Wildman–Crippen LogP) is 1.50. The minimum atomic E-state index is -5.14. The smallest absolute Gasteiger partial charge is 0.471 e. The van der Waals surface area contributed by atoms with Gasteiger partial charge in [0.25, 0.3) is 0 Å². The molecule has 1 rings (SSSR count). The van der Waals surface area contributed by atoms with Gasteiger partial charge in [-0.3, -0.25) is 9.59 Å². The largest absolute Gasteiger partial charge is 0.480 e. The minimum Gasteiger partial charge on any atom is -0.480 e. The summed E-state index contributed by atoms with van der Waals surface area (Å²) in [5.41, 5.74) is 0.635. The number of carbonyl (C=O) groups excluding carboxylic acids is 2. The monoisotopic (exact) mass is 360 g/mol. The molecule has 0 spiro atoms. The van der Waals surface area contributed by atoms with E-state index in [0.717, 1.165) is 0 Å². The number of aliphatic carboxylic acids is 1. The highest BCUT2D eigenvalue weighted by Gasteiger charge is 2.41. The Hall–Kier alpha value is -2.58. The Morgan fingerprint density at radius 1 is 1.08 bits per heavy atom.